The van der Waals surface area contributed by atoms with Crippen molar-refractivity contribution in [2.45, 2.75) is 59.4 Å². The fourth-order valence-electron chi connectivity index (χ4n) is 4.14. The lowest BCUT2D eigenvalue weighted by Gasteiger charge is -2.18. The van der Waals surface area contributed by atoms with Crippen molar-refractivity contribution in [3.8, 4) is 11.5 Å². The first-order valence-electron chi connectivity index (χ1n) is 11.0. The normalized spacial score (nSPS) is 11.5. The molecule has 0 amide bonds. The predicted octanol–water partition coefficient (Wildman–Crippen LogP) is 4.04. The Labute approximate surface area is 181 Å². The lowest BCUT2D eigenvalue weighted by Crippen LogP contribution is -2.29. The molecule has 0 radical (unpaired) electrons. The molecule has 0 aromatic heterocycles. The number of nitrogens with zero attached hydrogens (tertiary/aromatic N) is 3. The minimum Gasteiger partial charge on any atom is -0.322 e. The SMILES string of the molecule is CCCc1cc2c(cc1C)nc1c(=O)[nH]c(=O)nc-1n2CCCc1ccc(CC)cc1. The van der Waals surface area contributed by atoms with Crippen LogP contribution in [0.3, 0.4) is 0 Å². The van der Waals surface area contributed by atoms with E-state index in [0.29, 0.717) is 12.4 Å². The van der Waals surface area contributed by atoms with Crippen LogP contribution in [-0.2, 0) is 25.8 Å². The molecular formula is C25H28N4O2. The van der Waals surface area contributed by atoms with Gasteiger partial charge in [-0.05, 0) is 67.0 Å². The molecule has 6 heteroatoms. The molecule has 0 unspecified atom stereocenters. The molecule has 1 N–H and O–H groups in total. The van der Waals surface area contributed by atoms with E-state index in [1.165, 1.54) is 16.7 Å². The summed E-state index contributed by atoms with van der Waals surface area (Å²) in [5.74, 6) is 0.355. The molecule has 31 heavy (non-hydrogen) atoms. The van der Waals surface area contributed by atoms with Crippen molar-refractivity contribution in [3.05, 3.63) is 79.5 Å². The lowest BCUT2D eigenvalue weighted by atomic mass is 10.0. The van der Waals surface area contributed by atoms with E-state index in [9.17, 15) is 9.59 Å². The standard InChI is InChI=1S/C25H28N4O2/c1-4-7-19-15-21-20(14-16(19)3)26-22-23(27-25(31)28-24(22)30)29(21)13-6-8-18-11-9-17(5-2)10-12-18/h9-12,14-15H,4-8,13H2,1-3H3,(H,28,30,31). The molecule has 160 valence electrons. The van der Waals surface area contributed by atoms with Gasteiger partial charge in [-0.3, -0.25) is 9.78 Å². The van der Waals surface area contributed by atoms with Crippen molar-refractivity contribution in [1.29, 1.82) is 0 Å². The molecule has 0 aliphatic carbocycles. The third kappa shape index (κ3) is 4.29. The van der Waals surface area contributed by atoms with E-state index in [0.717, 1.165) is 48.7 Å². The maximum atomic E-state index is 12.4. The third-order valence-corrected chi connectivity index (χ3v) is 5.86. The van der Waals surface area contributed by atoms with Gasteiger partial charge < -0.3 is 4.57 Å². The Morgan fingerprint density at radius 3 is 2.42 bits per heavy atom. The number of rotatable bonds is 7. The maximum absolute atomic E-state index is 12.4. The van der Waals surface area contributed by atoms with Gasteiger partial charge in [-0.15, -0.1) is 0 Å². The molecule has 0 fully saturated rings. The Bertz CT molecular complexity index is 1300. The Balaban J connectivity index is 1.78. The van der Waals surface area contributed by atoms with Gasteiger partial charge >= 0.3 is 5.69 Å². The number of fused-ring (bicyclic) bond motifs is 2. The number of hydrogen-bond acceptors (Lipinski definition) is 4. The van der Waals surface area contributed by atoms with Crippen LogP contribution in [0.2, 0.25) is 0 Å². The predicted molar refractivity (Wildman–Crippen MR) is 124 cm³/mol. The second-order valence-corrected chi connectivity index (χ2v) is 8.10. The second-order valence-electron chi connectivity index (χ2n) is 8.10. The van der Waals surface area contributed by atoms with Crippen LogP contribution in [0, 0.1) is 6.92 Å². The Kier molecular flexibility index (Phi) is 5.98. The molecule has 2 aromatic rings. The number of H-pyrrole nitrogens is 1. The number of aromatic amines is 1. The number of hydrogen-bond donors (Lipinski definition) is 1. The van der Waals surface area contributed by atoms with Gasteiger partial charge in [0.05, 0.1) is 11.0 Å². The molecule has 0 bridgehead atoms. The van der Waals surface area contributed by atoms with Gasteiger partial charge in [-0.25, -0.2) is 9.78 Å². The van der Waals surface area contributed by atoms with Crippen molar-refractivity contribution in [3.63, 3.8) is 0 Å². The average Bonchev–Trinajstić information content (AvgIpc) is 2.75. The van der Waals surface area contributed by atoms with Gasteiger partial charge in [0.15, 0.2) is 11.5 Å². The summed E-state index contributed by atoms with van der Waals surface area (Å²) in [5, 5.41) is 0. The number of nitrogens with one attached hydrogen (secondary N) is 1. The van der Waals surface area contributed by atoms with Gasteiger partial charge in [-0.1, -0.05) is 44.5 Å². The highest BCUT2D eigenvalue weighted by Gasteiger charge is 2.19. The molecule has 6 nitrogen and oxygen atoms in total. The zero-order chi connectivity index (χ0) is 22.0. The first-order valence-corrected chi connectivity index (χ1v) is 11.0. The van der Waals surface area contributed by atoms with Crippen molar-refractivity contribution >= 4 is 11.0 Å². The van der Waals surface area contributed by atoms with E-state index in [2.05, 4.69) is 66.1 Å². The molecule has 0 saturated heterocycles. The molecule has 2 aliphatic rings. The van der Waals surface area contributed by atoms with E-state index in [1.54, 1.807) is 0 Å². The van der Waals surface area contributed by atoms with E-state index < -0.39 is 11.2 Å². The van der Waals surface area contributed by atoms with Crippen molar-refractivity contribution in [1.82, 2.24) is 19.5 Å². The number of aryl methyl sites for hydroxylation is 5. The van der Waals surface area contributed by atoms with Crippen molar-refractivity contribution < 1.29 is 0 Å². The summed E-state index contributed by atoms with van der Waals surface area (Å²) in [5.41, 5.74) is 5.78. The fraction of sp³-hybridized carbons (Fsp3) is 0.360. The summed E-state index contributed by atoms with van der Waals surface area (Å²) in [6, 6.07) is 12.9. The molecular weight excluding hydrogens is 388 g/mol. The molecule has 0 saturated carbocycles. The quantitative estimate of drug-likeness (QED) is 0.461. The minimum atomic E-state index is -0.636. The van der Waals surface area contributed by atoms with Gasteiger partial charge in [0.25, 0.3) is 5.56 Å². The second kappa shape index (κ2) is 8.84. The molecule has 2 aromatic carbocycles. The van der Waals surface area contributed by atoms with Crippen LogP contribution in [0.5, 0.6) is 0 Å². The van der Waals surface area contributed by atoms with Crippen LogP contribution in [0.25, 0.3) is 22.6 Å². The maximum Gasteiger partial charge on any atom is 0.349 e. The van der Waals surface area contributed by atoms with E-state index in [1.807, 2.05) is 10.6 Å². The molecule has 4 rings (SSSR count). The zero-order valence-corrected chi connectivity index (χ0v) is 18.4. The molecule has 0 atom stereocenters. The molecule has 2 heterocycles. The zero-order valence-electron chi connectivity index (χ0n) is 18.4. The number of aromatic nitrogens is 4. The Morgan fingerprint density at radius 2 is 1.71 bits per heavy atom. The van der Waals surface area contributed by atoms with Gasteiger partial charge in [0.2, 0.25) is 0 Å². The summed E-state index contributed by atoms with van der Waals surface area (Å²) in [4.78, 5) is 35.3. The molecule has 0 spiro atoms. The topological polar surface area (TPSA) is 80.6 Å². The highest BCUT2D eigenvalue weighted by atomic mass is 16.2. The summed E-state index contributed by atoms with van der Waals surface area (Å²) < 4.78 is 1.99. The first-order chi connectivity index (χ1) is 15.0. The highest BCUT2D eigenvalue weighted by molar-refractivity contribution is 5.81. The monoisotopic (exact) mass is 416 g/mol. The van der Waals surface area contributed by atoms with Gasteiger partial charge in [-0.2, -0.15) is 4.98 Å². The summed E-state index contributed by atoms with van der Waals surface area (Å²) in [6.07, 6.45) is 4.82. The van der Waals surface area contributed by atoms with Crippen LogP contribution in [0.1, 0.15) is 48.9 Å². The fourth-order valence-corrected chi connectivity index (χ4v) is 4.14. The Morgan fingerprint density at radius 1 is 0.968 bits per heavy atom. The summed E-state index contributed by atoms with van der Waals surface area (Å²) >= 11 is 0. The highest BCUT2D eigenvalue weighted by Crippen LogP contribution is 2.25. The van der Waals surface area contributed by atoms with E-state index >= 15 is 0 Å². The third-order valence-electron chi connectivity index (χ3n) is 5.86. The summed E-state index contributed by atoms with van der Waals surface area (Å²) in [7, 11) is 0. The van der Waals surface area contributed by atoms with Gasteiger partial charge in [0.1, 0.15) is 0 Å². The van der Waals surface area contributed by atoms with Crippen LogP contribution in [0.15, 0.2) is 46.0 Å². The first kappa shape index (κ1) is 21.0. The lowest BCUT2D eigenvalue weighted by molar-refractivity contribution is 0.648. The van der Waals surface area contributed by atoms with Gasteiger partial charge in [0, 0.05) is 6.54 Å². The van der Waals surface area contributed by atoms with E-state index in [-0.39, 0.29) is 5.69 Å². The Hall–Kier alpha value is -3.28. The minimum absolute atomic E-state index is 0.210. The van der Waals surface area contributed by atoms with E-state index in [4.69, 9.17) is 0 Å². The number of benzene rings is 2. The smallest absolute Gasteiger partial charge is 0.322 e. The van der Waals surface area contributed by atoms with Crippen LogP contribution in [0.4, 0.5) is 0 Å². The molecule has 2 aliphatic heterocycles. The van der Waals surface area contributed by atoms with Crippen molar-refractivity contribution in [2.24, 2.45) is 0 Å². The van der Waals surface area contributed by atoms with Crippen molar-refractivity contribution in [2.75, 3.05) is 0 Å². The largest absolute Gasteiger partial charge is 0.349 e. The van der Waals surface area contributed by atoms with Crippen LogP contribution < -0.4 is 11.2 Å². The van der Waals surface area contributed by atoms with Crippen LogP contribution in [-0.4, -0.2) is 19.5 Å². The summed E-state index contributed by atoms with van der Waals surface area (Å²) in [6.45, 7) is 7.03. The average molecular weight is 417 g/mol. The van der Waals surface area contributed by atoms with Crippen LogP contribution >= 0.6 is 0 Å².